The number of benzene rings is 1. The predicted octanol–water partition coefficient (Wildman–Crippen LogP) is 4.33. The number of hydrogen-bond donors (Lipinski definition) is 2. The molecule has 1 aromatic carbocycles. The molecule has 8 nitrogen and oxygen atoms in total. The van der Waals surface area contributed by atoms with Crippen LogP contribution < -0.4 is 10.1 Å². The zero-order valence-corrected chi connectivity index (χ0v) is 17.3. The second-order valence-electron chi connectivity index (χ2n) is 7.45. The summed E-state index contributed by atoms with van der Waals surface area (Å²) in [7, 11) is 0. The Labute approximate surface area is 183 Å². The van der Waals surface area contributed by atoms with Gasteiger partial charge in [-0.2, -0.15) is 5.10 Å². The van der Waals surface area contributed by atoms with Crippen molar-refractivity contribution >= 4 is 17.7 Å². The molecule has 0 saturated heterocycles. The maximum absolute atomic E-state index is 14.1. The van der Waals surface area contributed by atoms with Crippen molar-refractivity contribution in [2.75, 3.05) is 6.61 Å². The Bertz CT molecular complexity index is 1070. The van der Waals surface area contributed by atoms with Gasteiger partial charge in [-0.1, -0.05) is 23.7 Å². The van der Waals surface area contributed by atoms with Crippen molar-refractivity contribution in [1.29, 1.82) is 0 Å². The zero-order valence-electron chi connectivity index (χ0n) is 16.5. The van der Waals surface area contributed by atoms with Crippen molar-refractivity contribution in [3.8, 4) is 22.7 Å². The molecule has 0 bridgehead atoms. The van der Waals surface area contributed by atoms with E-state index >= 15 is 0 Å². The average Bonchev–Trinajstić information content (AvgIpc) is 3.23. The van der Waals surface area contributed by atoms with Gasteiger partial charge in [0.1, 0.15) is 23.5 Å². The van der Waals surface area contributed by atoms with Gasteiger partial charge in [0.15, 0.2) is 10.9 Å². The van der Waals surface area contributed by atoms with Crippen LogP contribution >= 0.6 is 11.6 Å². The van der Waals surface area contributed by atoms with Gasteiger partial charge in [-0.25, -0.2) is 23.8 Å². The fraction of sp³-hybridized carbons (Fsp3) is 0.333. The van der Waals surface area contributed by atoms with E-state index < -0.39 is 6.09 Å². The van der Waals surface area contributed by atoms with Crippen LogP contribution in [-0.4, -0.2) is 43.6 Å². The SMILES string of the molecule is O=C(O)N[C@H]1CC[C@@H](COc2c(Cl)ncnc2-c2cnn(-c3ccccc3F)c2)CC1. The summed E-state index contributed by atoms with van der Waals surface area (Å²) >= 11 is 6.29. The first kappa shape index (κ1) is 21.0. The number of carboxylic acid groups (broad SMARTS) is 1. The summed E-state index contributed by atoms with van der Waals surface area (Å²) in [6.45, 7) is 0.418. The van der Waals surface area contributed by atoms with Crippen LogP contribution in [0.5, 0.6) is 5.75 Å². The number of para-hydroxylation sites is 1. The highest BCUT2D eigenvalue weighted by Crippen LogP contribution is 2.34. The minimum atomic E-state index is -0.992. The lowest BCUT2D eigenvalue weighted by Gasteiger charge is -2.28. The van der Waals surface area contributed by atoms with E-state index in [2.05, 4.69) is 20.4 Å². The van der Waals surface area contributed by atoms with Crippen LogP contribution in [0.15, 0.2) is 43.0 Å². The number of nitrogens with one attached hydrogen (secondary N) is 1. The summed E-state index contributed by atoms with van der Waals surface area (Å²) < 4.78 is 21.5. The molecule has 1 aliphatic carbocycles. The van der Waals surface area contributed by atoms with Gasteiger partial charge in [0.25, 0.3) is 0 Å². The Balaban J connectivity index is 1.48. The summed E-state index contributed by atoms with van der Waals surface area (Å²) in [5.74, 6) is 0.238. The third-order valence-electron chi connectivity index (χ3n) is 5.35. The van der Waals surface area contributed by atoms with E-state index in [1.54, 1.807) is 30.6 Å². The number of halogens is 2. The average molecular weight is 446 g/mol. The summed E-state index contributed by atoms with van der Waals surface area (Å²) in [5, 5.41) is 15.8. The van der Waals surface area contributed by atoms with Crippen LogP contribution in [0, 0.1) is 11.7 Å². The standard InChI is InChI=1S/C21H21ClFN5O3/c22-20-19(31-11-13-5-7-15(8-6-13)27-21(29)30)18(24-12-25-20)14-9-26-28(10-14)17-4-2-1-3-16(17)23/h1-4,9-10,12-13,15,27H,5-8,11H2,(H,29,30)/t13-,15+. The van der Waals surface area contributed by atoms with Crippen LogP contribution in [-0.2, 0) is 0 Å². The number of hydrogen-bond acceptors (Lipinski definition) is 5. The second-order valence-corrected chi connectivity index (χ2v) is 7.80. The highest BCUT2D eigenvalue weighted by atomic mass is 35.5. The van der Waals surface area contributed by atoms with Crippen LogP contribution in [0.25, 0.3) is 16.9 Å². The third kappa shape index (κ3) is 4.93. The fourth-order valence-electron chi connectivity index (χ4n) is 3.75. The Hall–Kier alpha value is -3.20. The highest BCUT2D eigenvalue weighted by Gasteiger charge is 2.24. The lowest BCUT2D eigenvalue weighted by molar-refractivity contribution is 0.169. The van der Waals surface area contributed by atoms with E-state index in [0.717, 1.165) is 25.7 Å². The van der Waals surface area contributed by atoms with Gasteiger partial charge >= 0.3 is 6.09 Å². The van der Waals surface area contributed by atoms with E-state index in [-0.39, 0.29) is 22.9 Å². The third-order valence-corrected chi connectivity index (χ3v) is 5.62. The molecule has 3 aromatic rings. The topological polar surface area (TPSA) is 102 Å². The molecule has 10 heteroatoms. The van der Waals surface area contributed by atoms with E-state index in [0.29, 0.717) is 29.3 Å². The molecule has 1 saturated carbocycles. The maximum atomic E-state index is 14.1. The Morgan fingerprint density at radius 1 is 1.26 bits per heavy atom. The Kier molecular flexibility index (Phi) is 6.31. The molecule has 0 atom stereocenters. The fourth-order valence-corrected chi connectivity index (χ4v) is 3.94. The van der Waals surface area contributed by atoms with Gasteiger partial charge in [-0.3, -0.25) is 0 Å². The molecule has 0 unspecified atom stereocenters. The summed E-state index contributed by atoms with van der Waals surface area (Å²) in [5.41, 5.74) is 1.42. The molecule has 1 fully saturated rings. The highest BCUT2D eigenvalue weighted by molar-refractivity contribution is 6.31. The molecule has 0 aliphatic heterocycles. The first-order valence-corrected chi connectivity index (χ1v) is 10.3. The quantitative estimate of drug-likeness (QED) is 0.547. The molecular formula is C21H21ClFN5O3. The van der Waals surface area contributed by atoms with Crippen LogP contribution in [0.1, 0.15) is 25.7 Å². The summed E-state index contributed by atoms with van der Waals surface area (Å²) in [6, 6.07) is 6.33. The first-order valence-electron chi connectivity index (χ1n) is 9.94. The van der Waals surface area contributed by atoms with Crippen molar-refractivity contribution in [3.63, 3.8) is 0 Å². The molecule has 2 N–H and O–H groups in total. The van der Waals surface area contributed by atoms with Gasteiger partial charge in [0, 0.05) is 17.8 Å². The number of nitrogens with zero attached hydrogens (tertiary/aromatic N) is 4. The lowest BCUT2D eigenvalue weighted by Crippen LogP contribution is -2.37. The second kappa shape index (κ2) is 9.30. The molecule has 2 aromatic heterocycles. The van der Waals surface area contributed by atoms with Crippen LogP contribution in [0.2, 0.25) is 5.15 Å². The largest absolute Gasteiger partial charge is 0.488 e. The summed E-state index contributed by atoms with van der Waals surface area (Å²) in [6.07, 6.45) is 6.80. The maximum Gasteiger partial charge on any atom is 0.404 e. The number of carbonyl (C=O) groups is 1. The minimum Gasteiger partial charge on any atom is -0.488 e. The van der Waals surface area contributed by atoms with Crippen molar-refractivity contribution in [3.05, 3.63) is 54.0 Å². The molecular weight excluding hydrogens is 425 g/mol. The van der Waals surface area contributed by atoms with Crippen molar-refractivity contribution in [1.82, 2.24) is 25.1 Å². The molecule has 1 aliphatic rings. The number of amides is 1. The van der Waals surface area contributed by atoms with E-state index in [1.807, 2.05) is 0 Å². The van der Waals surface area contributed by atoms with Crippen molar-refractivity contribution in [2.24, 2.45) is 5.92 Å². The Morgan fingerprint density at radius 2 is 2.03 bits per heavy atom. The molecule has 0 radical (unpaired) electrons. The van der Waals surface area contributed by atoms with Gasteiger partial charge in [0.05, 0.1) is 12.8 Å². The normalized spacial score (nSPS) is 18.5. The molecule has 4 rings (SSSR count). The van der Waals surface area contributed by atoms with Gasteiger partial charge < -0.3 is 15.2 Å². The van der Waals surface area contributed by atoms with Gasteiger partial charge in [-0.05, 0) is 43.7 Å². The smallest absolute Gasteiger partial charge is 0.404 e. The van der Waals surface area contributed by atoms with E-state index in [9.17, 15) is 9.18 Å². The minimum absolute atomic E-state index is 0.0165. The predicted molar refractivity (Wildman–Crippen MR) is 112 cm³/mol. The van der Waals surface area contributed by atoms with Crippen LogP contribution in [0.4, 0.5) is 9.18 Å². The Morgan fingerprint density at radius 3 is 2.77 bits per heavy atom. The van der Waals surface area contributed by atoms with Crippen molar-refractivity contribution < 1.29 is 19.0 Å². The van der Waals surface area contributed by atoms with Crippen molar-refractivity contribution in [2.45, 2.75) is 31.7 Å². The number of ether oxygens (including phenoxy) is 1. The van der Waals surface area contributed by atoms with Gasteiger partial charge in [-0.15, -0.1) is 0 Å². The number of rotatable bonds is 6. The number of aromatic nitrogens is 4. The molecule has 0 spiro atoms. The molecule has 2 heterocycles. The molecule has 31 heavy (non-hydrogen) atoms. The van der Waals surface area contributed by atoms with Gasteiger partial charge in [0.2, 0.25) is 0 Å². The zero-order chi connectivity index (χ0) is 21.8. The van der Waals surface area contributed by atoms with Crippen LogP contribution in [0.3, 0.4) is 0 Å². The molecule has 1 amide bonds. The molecule has 162 valence electrons. The first-order chi connectivity index (χ1) is 15.0. The monoisotopic (exact) mass is 445 g/mol. The van der Waals surface area contributed by atoms with E-state index in [4.69, 9.17) is 21.4 Å². The summed E-state index contributed by atoms with van der Waals surface area (Å²) in [4.78, 5) is 19.1. The lowest BCUT2D eigenvalue weighted by atomic mass is 9.86. The van der Waals surface area contributed by atoms with E-state index in [1.165, 1.54) is 17.1 Å².